The maximum Gasteiger partial charge on any atom is 0.322 e. The fourth-order valence-electron chi connectivity index (χ4n) is 2.09. The first-order valence-electron chi connectivity index (χ1n) is 6.31. The number of rotatable bonds is 6. The predicted octanol–water partition coefficient (Wildman–Crippen LogP) is 1.12. The Bertz CT molecular complexity index is 413. The second kappa shape index (κ2) is 6.54. The molecule has 0 saturated carbocycles. The Morgan fingerprint density at radius 3 is 2.61 bits per heavy atom. The van der Waals surface area contributed by atoms with Crippen molar-refractivity contribution in [3.8, 4) is 0 Å². The summed E-state index contributed by atoms with van der Waals surface area (Å²) in [6.07, 6.45) is 1.61. The van der Waals surface area contributed by atoms with Gasteiger partial charge in [0.05, 0.1) is 12.8 Å². The molecule has 1 N–H and O–H groups in total. The lowest BCUT2D eigenvalue weighted by Crippen LogP contribution is -2.38. The Hall–Kier alpha value is -1.36. The summed E-state index contributed by atoms with van der Waals surface area (Å²) < 4.78 is 6.63. The number of methoxy groups -OCH3 is 1. The molecule has 0 aromatic carbocycles. The minimum absolute atomic E-state index is 0.197. The van der Waals surface area contributed by atoms with Gasteiger partial charge in [0.25, 0.3) is 0 Å². The lowest BCUT2D eigenvalue weighted by molar-refractivity contribution is -0.143. The van der Waals surface area contributed by atoms with E-state index in [0.29, 0.717) is 0 Å². The van der Waals surface area contributed by atoms with Gasteiger partial charge in [-0.2, -0.15) is 5.10 Å². The Labute approximate surface area is 109 Å². The molecule has 0 amide bonds. The van der Waals surface area contributed by atoms with E-state index in [4.69, 9.17) is 4.74 Å². The monoisotopic (exact) mass is 253 g/mol. The molecule has 0 aliphatic heterocycles. The van der Waals surface area contributed by atoms with Gasteiger partial charge >= 0.3 is 5.97 Å². The smallest absolute Gasteiger partial charge is 0.322 e. The van der Waals surface area contributed by atoms with E-state index in [2.05, 4.69) is 17.3 Å². The molecule has 0 saturated heterocycles. The van der Waals surface area contributed by atoms with Gasteiger partial charge in [0.2, 0.25) is 0 Å². The zero-order chi connectivity index (χ0) is 13.7. The molecule has 0 spiro atoms. The van der Waals surface area contributed by atoms with Gasteiger partial charge in [-0.05, 0) is 32.3 Å². The van der Waals surface area contributed by atoms with Crippen LogP contribution in [0.1, 0.15) is 30.3 Å². The molecular weight excluding hydrogens is 230 g/mol. The summed E-state index contributed by atoms with van der Waals surface area (Å²) in [6, 6.07) is -0.215. The topological polar surface area (TPSA) is 56.2 Å². The lowest BCUT2D eigenvalue weighted by Gasteiger charge is -2.14. The number of ether oxygens (including phenoxy) is 1. The lowest BCUT2D eigenvalue weighted by atomic mass is 10.1. The molecule has 0 unspecified atom stereocenters. The molecule has 0 radical (unpaired) electrons. The van der Waals surface area contributed by atoms with Gasteiger partial charge in [-0.15, -0.1) is 0 Å². The highest BCUT2D eigenvalue weighted by Gasteiger charge is 2.16. The molecule has 0 aliphatic carbocycles. The van der Waals surface area contributed by atoms with Crippen molar-refractivity contribution in [1.82, 2.24) is 15.1 Å². The van der Waals surface area contributed by atoms with Gasteiger partial charge in [-0.25, -0.2) is 0 Å². The minimum Gasteiger partial charge on any atom is -0.468 e. The Balaban J connectivity index is 2.53. The van der Waals surface area contributed by atoms with Crippen LogP contribution in [-0.2, 0) is 23.0 Å². The van der Waals surface area contributed by atoms with Gasteiger partial charge in [0.1, 0.15) is 6.04 Å². The summed E-state index contributed by atoms with van der Waals surface area (Å²) in [5, 5.41) is 7.60. The van der Waals surface area contributed by atoms with E-state index >= 15 is 0 Å². The predicted molar refractivity (Wildman–Crippen MR) is 70.5 cm³/mol. The molecule has 5 heteroatoms. The molecule has 0 bridgehead atoms. The Morgan fingerprint density at radius 2 is 2.17 bits per heavy atom. The zero-order valence-corrected chi connectivity index (χ0v) is 11.9. The van der Waals surface area contributed by atoms with E-state index in [-0.39, 0.29) is 12.0 Å². The van der Waals surface area contributed by atoms with Crippen molar-refractivity contribution in [1.29, 1.82) is 0 Å². The summed E-state index contributed by atoms with van der Waals surface area (Å²) in [5.41, 5.74) is 3.49. The highest BCUT2D eigenvalue weighted by Crippen LogP contribution is 2.12. The molecule has 102 valence electrons. The number of hydrogen-bond acceptors (Lipinski definition) is 4. The fourth-order valence-corrected chi connectivity index (χ4v) is 2.09. The standard InChI is InChI=1S/C13H23N3O2/c1-6-12(13(17)18-5)14-8-7-11-9(2)15-16(4)10(11)3/h12,14H,6-8H2,1-5H3/t12-/m1/s1. The molecule has 1 aromatic rings. The van der Waals surface area contributed by atoms with Crippen LogP contribution >= 0.6 is 0 Å². The van der Waals surface area contributed by atoms with Crippen molar-refractivity contribution in [3.63, 3.8) is 0 Å². The van der Waals surface area contributed by atoms with E-state index in [0.717, 1.165) is 25.1 Å². The molecule has 0 fully saturated rings. The van der Waals surface area contributed by atoms with Crippen LogP contribution in [0.25, 0.3) is 0 Å². The Morgan fingerprint density at radius 1 is 1.50 bits per heavy atom. The number of aromatic nitrogens is 2. The van der Waals surface area contributed by atoms with Crippen LogP contribution < -0.4 is 5.32 Å². The molecule has 1 rings (SSSR count). The van der Waals surface area contributed by atoms with Crippen LogP contribution in [0.4, 0.5) is 0 Å². The number of nitrogens with one attached hydrogen (secondary N) is 1. The SMILES string of the molecule is CC[C@@H](NCCc1c(C)nn(C)c1C)C(=O)OC. The number of hydrogen-bond donors (Lipinski definition) is 1. The second-order valence-electron chi connectivity index (χ2n) is 4.46. The molecular formula is C13H23N3O2. The van der Waals surface area contributed by atoms with Crippen molar-refractivity contribution in [2.24, 2.45) is 7.05 Å². The number of aryl methyl sites for hydroxylation is 2. The molecule has 5 nitrogen and oxygen atoms in total. The average molecular weight is 253 g/mol. The van der Waals surface area contributed by atoms with Crippen LogP contribution in [0.2, 0.25) is 0 Å². The zero-order valence-electron chi connectivity index (χ0n) is 11.9. The van der Waals surface area contributed by atoms with Crippen molar-refractivity contribution < 1.29 is 9.53 Å². The summed E-state index contributed by atoms with van der Waals surface area (Å²) in [5.74, 6) is -0.197. The third-order valence-electron chi connectivity index (χ3n) is 3.32. The van der Waals surface area contributed by atoms with Crippen LogP contribution in [0.3, 0.4) is 0 Å². The summed E-state index contributed by atoms with van der Waals surface area (Å²) >= 11 is 0. The number of carbonyl (C=O) groups is 1. The maximum absolute atomic E-state index is 11.4. The van der Waals surface area contributed by atoms with Gasteiger partial charge in [-0.1, -0.05) is 6.92 Å². The molecule has 1 atom stereocenters. The van der Waals surface area contributed by atoms with Gasteiger partial charge < -0.3 is 10.1 Å². The highest BCUT2D eigenvalue weighted by atomic mass is 16.5. The van der Waals surface area contributed by atoms with Gasteiger partial charge in [0, 0.05) is 19.3 Å². The average Bonchev–Trinajstić information content (AvgIpc) is 2.59. The van der Waals surface area contributed by atoms with Crippen molar-refractivity contribution in [3.05, 3.63) is 17.0 Å². The van der Waals surface area contributed by atoms with E-state index in [1.54, 1.807) is 0 Å². The summed E-state index contributed by atoms with van der Waals surface area (Å²) in [7, 11) is 3.37. The normalized spacial score (nSPS) is 12.5. The van der Waals surface area contributed by atoms with Crippen LogP contribution in [0.5, 0.6) is 0 Å². The van der Waals surface area contributed by atoms with Crippen molar-refractivity contribution in [2.45, 2.75) is 39.7 Å². The van der Waals surface area contributed by atoms with Gasteiger partial charge in [-0.3, -0.25) is 9.48 Å². The van der Waals surface area contributed by atoms with E-state index in [1.165, 1.54) is 18.4 Å². The largest absolute Gasteiger partial charge is 0.468 e. The first-order chi connectivity index (χ1) is 8.51. The molecule has 1 aromatic heterocycles. The fraction of sp³-hybridized carbons (Fsp3) is 0.692. The maximum atomic E-state index is 11.4. The summed E-state index contributed by atoms with van der Waals surface area (Å²) in [4.78, 5) is 11.4. The quantitative estimate of drug-likeness (QED) is 0.772. The number of nitrogens with zero attached hydrogens (tertiary/aromatic N) is 2. The minimum atomic E-state index is -0.215. The Kier molecular flexibility index (Phi) is 5.34. The third-order valence-corrected chi connectivity index (χ3v) is 3.32. The highest BCUT2D eigenvalue weighted by molar-refractivity contribution is 5.75. The number of carbonyl (C=O) groups excluding carboxylic acids is 1. The number of esters is 1. The summed E-state index contributed by atoms with van der Waals surface area (Å²) in [6.45, 7) is 6.79. The van der Waals surface area contributed by atoms with Crippen LogP contribution in [0, 0.1) is 13.8 Å². The van der Waals surface area contributed by atoms with Crippen LogP contribution in [0.15, 0.2) is 0 Å². The first-order valence-corrected chi connectivity index (χ1v) is 6.31. The second-order valence-corrected chi connectivity index (χ2v) is 4.46. The van der Waals surface area contributed by atoms with E-state index in [1.807, 2.05) is 25.6 Å². The van der Waals surface area contributed by atoms with E-state index in [9.17, 15) is 4.79 Å². The van der Waals surface area contributed by atoms with E-state index < -0.39 is 0 Å². The first kappa shape index (κ1) is 14.7. The third kappa shape index (κ3) is 3.32. The molecule has 1 heterocycles. The molecule has 18 heavy (non-hydrogen) atoms. The van der Waals surface area contributed by atoms with Crippen molar-refractivity contribution >= 4 is 5.97 Å². The van der Waals surface area contributed by atoms with Gasteiger partial charge in [0.15, 0.2) is 0 Å². The molecule has 0 aliphatic rings. The van der Waals surface area contributed by atoms with Crippen molar-refractivity contribution in [2.75, 3.05) is 13.7 Å². The van der Waals surface area contributed by atoms with Crippen LogP contribution in [-0.4, -0.2) is 35.4 Å².